The molecule has 1 heterocycles. The van der Waals surface area contributed by atoms with E-state index >= 15 is 0 Å². The number of hydrogen-bond acceptors (Lipinski definition) is 3. The molecule has 1 N–H and O–H groups in total. The predicted octanol–water partition coefficient (Wildman–Crippen LogP) is 4.18. The van der Waals surface area contributed by atoms with Crippen LogP contribution in [0.25, 0.3) is 11.3 Å². The van der Waals surface area contributed by atoms with Gasteiger partial charge in [0.1, 0.15) is 5.69 Å². The van der Waals surface area contributed by atoms with Gasteiger partial charge in [-0.15, -0.1) is 0 Å². The first kappa shape index (κ1) is 14.8. The molecule has 0 spiro atoms. The van der Waals surface area contributed by atoms with Gasteiger partial charge >= 0.3 is 0 Å². The van der Waals surface area contributed by atoms with Gasteiger partial charge in [0.15, 0.2) is 0 Å². The molecule has 22 heavy (non-hydrogen) atoms. The molecule has 1 amide bonds. The van der Waals surface area contributed by atoms with Crippen LogP contribution in [-0.4, -0.2) is 17.1 Å². The van der Waals surface area contributed by atoms with Gasteiger partial charge in [0, 0.05) is 17.7 Å². The molecule has 1 aromatic carbocycles. The van der Waals surface area contributed by atoms with E-state index in [0.29, 0.717) is 11.5 Å². The van der Waals surface area contributed by atoms with E-state index in [2.05, 4.69) is 10.5 Å². The Morgan fingerprint density at radius 3 is 2.45 bits per heavy atom. The maximum atomic E-state index is 12.3. The zero-order valence-corrected chi connectivity index (χ0v) is 12.8. The number of carbonyl (C=O) groups is 1. The van der Waals surface area contributed by atoms with E-state index in [4.69, 9.17) is 4.52 Å². The highest BCUT2D eigenvalue weighted by Gasteiger charge is 2.18. The van der Waals surface area contributed by atoms with Gasteiger partial charge in [0.2, 0.25) is 5.76 Å². The first-order chi connectivity index (χ1) is 10.8. The lowest BCUT2D eigenvalue weighted by Gasteiger charge is -2.20. The van der Waals surface area contributed by atoms with Crippen LogP contribution in [0.15, 0.2) is 40.9 Å². The summed E-state index contributed by atoms with van der Waals surface area (Å²) in [5, 5.41) is 7.09. The molecule has 2 aromatic rings. The van der Waals surface area contributed by atoms with E-state index in [0.717, 1.165) is 18.4 Å². The second-order valence-electron chi connectivity index (χ2n) is 5.96. The third-order valence-electron chi connectivity index (χ3n) is 4.24. The summed E-state index contributed by atoms with van der Waals surface area (Å²) < 4.78 is 5.22. The van der Waals surface area contributed by atoms with Crippen LogP contribution in [0.3, 0.4) is 0 Å². The molecular weight excluding hydrogens is 276 g/mol. The summed E-state index contributed by atoms with van der Waals surface area (Å²) in [4.78, 5) is 12.3. The van der Waals surface area contributed by atoms with Gasteiger partial charge < -0.3 is 9.84 Å². The third kappa shape index (κ3) is 3.75. The lowest BCUT2D eigenvalue weighted by Crippen LogP contribution is -2.35. The molecule has 1 fully saturated rings. The van der Waals surface area contributed by atoms with Crippen molar-refractivity contribution in [2.24, 2.45) is 0 Å². The van der Waals surface area contributed by atoms with Gasteiger partial charge in [-0.1, -0.05) is 67.6 Å². The van der Waals surface area contributed by atoms with Crippen LogP contribution in [-0.2, 0) is 0 Å². The molecule has 0 unspecified atom stereocenters. The predicted molar refractivity (Wildman–Crippen MR) is 85.5 cm³/mol. The first-order valence-electron chi connectivity index (χ1n) is 8.16. The fourth-order valence-corrected chi connectivity index (χ4v) is 2.98. The van der Waals surface area contributed by atoms with Crippen LogP contribution in [0.4, 0.5) is 0 Å². The van der Waals surface area contributed by atoms with Gasteiger partial charge in [-0.25, -0.2) is 0 Å². The highest BCUT2D eigenvalue weighted by Crippen LogP contribution is 2.20. The monoisotopic (exact) mass is 298 g/mol. The Bertz CT molecular complexity index is 599. The van der Waals surface area contributed by atoms with E-state index in [-0.39, 0.29) is 11.9 Å². The van der Waals surface area contributed by atoms with E-state index in [1.165, 1.54) is 32.1 Å². The molecule has 1 aliphatic rings. The number of aromatic nitrogens is 1. The number of rotatable bonds is 3. The second kappa shape index (κ2) is 7.25. The smallest absolute Gasteiger partial charge is 0.290 e. The number of nitrogens with zero attached hydrogens (tertiary/aromatic N) is 1. The number of hydrogen-bond donors (Lipinski definition) is 1. The van der Waals surface area contributed by atoms with Gasteiger partial charge in [0.25, 0.3) is 5.91 Å². The molecule has 3 rings (SSSR count). The minimum atomic E-state index is -0.153. The molecule has 0 radical (unpaired) electrons. The summed E-state index contributed by atoms with van der Waals surface area (Å²) in [6.07, 6.45) is 8.37. The summed E-state index contributed by atoms with van der Waals surface area (Å²) in [7, 11) is 0. The maximum absolute atomic E-state index is 12.3. The highest BCUT2D eigenvalue weighted by molar-refractivity contribution is 5.92. The van der Waals surface area contributed by atoms with Crippen LogP contribution in [0.1, 0.15) is 55.5 Å². The summed E-state index contributed by atoms with van der Waals surface area (Å²) in [6, 6.07) is 11.7. The largest absolute Gasteiger partial charge is 0.350 e. The molecule has 4 nitrogen and oxygen atoms in total. The molecule has 0 aliphatic heterocycles. The summed E-state index contributed by atoms with van der Waals surface area (Å²) in [5.74, 6) is 0.140. The molecule has 1 aromatic heterocycles. The molecule has 116 valence electrons. The van der Waals surface area contributed by atoms with Crippen molar-refractivity contribution >= 4 is 5.91 Å². The summed E-state index contributed by atoms with van der Waals surface area (Å²) in [5.41, 5.74) is 1.65. The molecule has 0 saturated heterocycles. The fourth-order valence-electron chi connectivity index (χ4n) is 2.98. The van der Waals surface area contributed by atoms with Crippen LogP contribution in [0, 0.1) is 0 Å². The second-order valence-corrected chi connectivity index (χ2v) is 5.96. The zero-order valence-electron chi connectivity index (χ0n) is 12.8. The van der Waals surface area contributed by atoms with E-state index in [1.807, 2.05) is 30.3 Å². The highest BCUT2D eigenvalue weighted by atomic mass is 16.5. The number of carbonyl (C=O) groups excluding carboxylic acids is 1. The lowest BCUT2D eigenvalue weighted by molar-refractivity contribution is 0.0893. The molecule has 1 saturated carbocycles. The van der Waals surface area contributed by atoms with E-state index < -0.39 is 0 Å². The average Bonchev–Trinajstić information content (AvgIpc) is 3.01. The van der Waals surface area contributed by atoms with Crippen LogP contribution in [0.2, 0.25) is 0 Å². The van der Waals surface area contributed by atoms with Gasteiger partial charge in [-0.2, -0.15) is 0 Å². The van der Waals surface area contributed by atoms with Crippen LogP contribution < -0.4 is 5.32 Å². The summed E-state index contributed by atoms with van der Waals surface area (Å²) in [6.45, 7) is 0. The normalized spacial score (nSPS) is 16.7. The van der Waals surface area contributed by atoms with Gasteiger partial charge in [-0.3, -0.25) is 4.79 Å². The number of nitrogens with one attached hydrogen (secondary N) is 1. The minimum Gasteiger partial charge on any atom is -0.350 e. The first-order valence-corrected chi connectivity index (χ1v) is 8.16. The summed E-state index contributed by atoms with van der Waals surface area (Å²) >= 11 is 0. The standard InChI is InChI=1S/C18H22N2O2/c21-18(19-15-11-7-2-1-3-8-12-15)17-13-16(20-22-17)14-9-5-4-6-10-14/h4-6,9-10,13,15H,1-3,7-8,11-12H2,(H,19,21). The molecule has 0 atom stereocenters. The van der Waals surface area contributed by atoms with E-state index in [9.17, 15) is 4.79 Å². The van der Waals surface area contributed by atoms with Crippen molar-refractivity contribution in [1.82, 2.24) is 10.5 Å². The number of benzene rings is 1. The van der Waals surface area contributed by atoms with Crippen molar-refractivity contribution in [3.63, 3.8) is 0 Å². The lowest BCUT2D eigenvalue weighted by atomic mass is 9.96. The Morgan fingerprint density at radius 1 is 1.05 bits per heavy atom. The zero-order chi connectivity index (χ0) is 15.2. The topological polar surface area (TPSA) is 55.1 Å². The van der Waals surface area contributed by atoms with Crippen molar-refractivity contribution in [3.05, 3.63) is 42.2 Å². The SMILES string of the molecule is O=C(NC1CCCCCCC1)c1cc(-c2ccccc2)no1. The van der Waals surface area contributed by atoms with Crippen molar-refractivity contribution in [3.8, 4) is 11.3 Å². The Labute approximate surface area is 130 Å². The Morgan fingerprint density at radius 2 is 1.73 bits per heavy atom. The quantitative estimate of drug-likeness (QED) is 0.924. The van der Waals surface area contributed by atoms with Gasteiger partial charge in [-0.05, 0) is 12.8 Å². The Kier molecular flexibility index (Phi) is 4.88. The van der Waals surface area contributed by atoms with Crippen molar-refractivity contribution in [1.29, 1.82) is 0 Å². The van der Waals surface area contributed by atoms with Gasteiger partial charge in [0.05, 0.1) is 0 Å². The number of amides is 1. The van der Waals surface area contributed by atoms with Crippen molar-refractivity contribution in [2.75, 3.05) is 0 Å². The molecule has 4 heteroatoms. The maximum Gasteiger partial charge on any atom is 0.290 e. The molecular formula is C18H22N2O2. The van der Waals surface area contributed by atoms with Crippen molar-refractivity contribution < 1.29 is 9.32 Å². The van der Waals surface area contributed by atoms with Crippen LogP contribution in [0.5, 0.6) is 0 Å². The van der Waals surface area contributed by atoms with Crippen molar-refractivity contribution in [2.45, 2.75) is 51.0 Å². The molecule has 1 aliphatic carbocycles. The Balaban J connectivity index is 1.64. The van der Waals surface area contributed by atoms with E-state index in [1.54, 1.807) is 6.07 Å². The Hall–Kier alpha value is -2.10. The van der Waals surface area contributed by atoms with Crippen LogP contribution >= 0.6 is 0 Å². The fraction of sp³-hybridized carbons (Fsp3) is 0.444. The molecule has 0 bridgehead atoms. The minimum absolute atomic E-state index is 0.153. The third-order valence-corrected chi connectivity index (χ3v) is 4.24. The average molecular weight is 298 g/mol.